The molecule has 0 aliphatic carbocycles. The third-order valence-corrected chi connectivity index (χ3v) is 3.47. The number of hydrogen-bond donors (Lipinski definition) is 0. The second-order valence-electron chi connectivity index (χ2n) is 4.36. The van der Waals surface area contributed by atoms with Gasteiger partial charge in [0.15, 0.2) is 5.78 Å². The van der Waals surface area contributed by atoms with Crippen LogP contribution in [0, 0.1) is 10.1 Å². The van der Waals surface area contributed by atoms with Gasteiger partial charge in [-0.05, 0) is 36.4 Å². The van der Waals surface area contributed by atoms with E-state index in [-0.39, 0.29) is 11.3 Å². The van der Waals surface area contributed by atoms with Crippen LogP contribution in [0.25, 0.3) is 6.08 Å². The van der Waals surface area contributed by atoms with Gasteiger partial charge >= 0.3 is 0 Å². The highest BCUT2D eigenvalue weighted by molar-refractivity contribution is 9.10. The van der Waals surface area contributed by atoms with Crippen LogP contribution in [0.2, 0.25) is 0 Å². The first-order valence-electron chi connectivity index (χ1n) is 6.32. The molecule has 0 radical (unpaired) electrons. The van der Waals surface area contributed by atoms with Crippen LogP contribution in [0.5, 0.6) is 5.75 Å². The molecular formula is C16H12BrNO4. The lowest BCUT2D eigenvalue weighted by Gasteiger charge is -2.04. The second-order valence-corrected chi connectivity index (χ2v) is 5.27. The third kappa shape index (κ3) is 3.59. The third-order valence-electron chi connectivity index (χ3n) is 2.97. The zero-order valence-corrected chi connectivity index (χ0v) is 13.2. The van der Waals surface area contributed by atoms with Gasteiger partial charge in [-0.2, -0.15) is 0 Å². The van der Waals surface area contributed by atoms with Crippen molar-refractivity contribution in [2.45, 2.75) is 0 Å². The van der Waals surface area contributed by atoms with Crippen LogP contribution in [0.15, 0.2) is 53.0 Å². The summed E-state index contributed by atoms with van der Waals surface area (Å²) in [6.07, 6.45) is 2.87. The Labute approximate surface area is 135 Å². The predicted octanol–water partition coefficient (Wildman–Crippen LogP) is 4.26. The van der Waals surface area contributed by atoms with E-state index in [1.165, 1.54) is 31.4 Å². The number of carbonyl (C=O) groups excluding carboxylic acids is 1. The Morgan fingerprint density at radius 3 is 2.68 bits per heavy atom. The van der Waals surface area contributed by atoms with Gasteiger partial charge in [0.1, 0.15) is 5.75 Å². The second kappa shape index (κ2) is 7.00. The Kier molecular flexibility index (Phi) is 5.06. The molecule has 0 saturated heterocycles. The van der Waals surface area contributed by atoms with E-state index in [9.17, 15) is 14.9 Å². The van der Waals surface area contributed by atoms with Crippen LogP contribution in [-0.4, -0.2) is 17.8 Å². The maximum atomic E-state index is 12.2. The molecule has 5 nitrogen and oxygen atoms in total. The van der Waals surface area contributed by atoms with Gasteiger partial charge in [-0.1, -0.05) is 28.1 Å². The van der Waals surface area contributed by atoms with Crippen LogP contribution < -0.4 is 4.74 Å². The molecule has 112 valence electrons. The number of allylic oxidation sites excluding steroid dienone is 1. The highest BCUT2D eigenvalue weighted by Gasteiger charge is 2.17. The minimum absolute atomic E-state index is 0.0534. The van der Waals surface area contributed by atoms with E-state index in [0.29, 0.717) is 11.3 Å². The van der Waals surface area contributed by atoms with Gasteiger partial charge in [0.05, 0.1) is 17.6 Å². The Balaban J connectivity index is 2.33. The summed E-state index contributed by atoms with van der Waals surface area (Å²) in [5.41, 5.74) is 0.542. The normalized spacial score (nSPS) is 10.6. The summed E-state index contributed by atoms with van der Waals surface area (Å²) in [4.78, 5) is 22.6. The highest BCUT2D eigenvalue weighted by Crippen LogP contribution is 2.25. The molecule has 0 spiro atoms. The minimum Gasteiger partial charge on any atom is -0.496 e. The van der Waals surface area contributed by atoms with Crippen LogP contribution in [-0.2, 0) is 0 Å². The van der Waals surface area contributed by atoms with E-state index in [4.69, 9.17) is 4.74 Å². The van der Waals surface area contributed by atoms with Crippen LogP contribution in [0.1, 0.15) is 15.9 Å². The topological polar surface area (TPSA) is 69.4 Å². The quantitative estimate of drug-likeness (QED) is 0.345. The van der Waals surface area contributed by atoms with Gasteiger partial charge in [-0.25, -0.2) is 0 Å². The largest absolute Gasteiger partial charge is 0.496 e. The number of ketones is 1. The van der Waals surface area contributed by atoms with Crippen LogP contribution >= 0.6 is 15.9 Å². The Hall–Kier alpha value is -2.47. The first-order valence-corrected chi connectivity index (χ1v) is 7.11. The van der Waals surface area contributed by atoms with E-state index in [2.05, 4.69) is 15.9 Å². The summed E-state index contributed by atoms with van der Waals surface area (Å²) < 4.78 is 6.05. The number of carbonyl (C=O) groups is 1. The number of para-hydroxylation sites is 1. The maximum absolute atomic E-state index is 12.2. The molecule has 6 heteroatoms. The Morgan fingerprint density at radius 2 is 2.00 bits per heavy atom. The van der Waals surface area contributed by atoms with E-state index in [0.717, 1.165) is 4.47 Å². The number of rotatable bonds is 5. The van der Waals surface area contributed by atoms with Gasteiger partial charge in [-0.3, -0.25) is 14.9 Å². The summed E-state index contributed by atoms with van der Waals surface area (Å²) >= 11 is 3.34. The number of hydrogen-bond acceptors (Lipinski definition) is 4. The molecule has 0 N–H and O–H groups in total. The molecule has 22 heavy (non-hydrogen) atoms. The van der Waals surface area contributed by atoms with Crippen LogP contribution in [0.4, 0.5) is 5.69 Å². The van der Waals surface area contributed by atoms with Crippen molar-refractivity contribution in [3.63, 3.8) is 0 Å². The number of nitro benzene ring substituents is 1. The van der Waals surface area contributed by atoms with Crippen molar-refractivity contribution < 1.29 is 14.5 Å². The monoisotopic (exact) mass is 361 g/mol. The lowest BCUT2D eigenvalue weighted by molar-refractivity contribution is -0.385. The molecule has 0 aromatic heterocycles. The number of halogens is 1. The fourth-order valence-electron chi connectivity index (χ4n) is 1.93. The van der Waals surface area contributed by atoms with E-state index >= 15 is 0 Å². The first kappa shape index (κ1) is 15.9. The molecular weight excluding hydrogens is 350 g/mol. The number of nitro groups is 1. The van der Waals surface area contributed by atoms with Gasteiger partial charge in [-0.15, -0.1) is 0 Å². The number of ether oxygens (including phenoxy) is 1. The first-order chi connectivity index (χ1) is 10.5. The maximum Gasteiger partial charge on any atom is 0.280 e. The van der Waals surface area contributed by atoms with Gasteiger partial charge < -0.3 is 4.74 Å². The van der Waals surface area contributed by atoms with Crippen molar-refractivity contribution in [3.05, 3.63) is 74.3 Å². The summed E-state index contributed by atoms with van der Waals surface area (Å²) in [7, 11) is 1.53. The number of nitrogens with zero attached hydrogens (tertiary/aromatic N) is 1. The zero-order chi connectivity index (χ0) is 16.1. The predicted molar refractivity (Wildman–Crippen MR) is 87.2 cm³/mol. The van der Waals surface area contributed by atoms with Crippen molar-refractivity contribution in [1.82, 2.24) is 0 Å². The average Bonchev–Trinajstić information content (AvgIpc) is 2.52. The fourth-order valence-corrected chi connectivity index (χ4v) is 2.31. The molecule has 2 aromatic rings. The van der Waals surface area contributed by atoms with Crippen molar-refractivity contribution in [3.8, 4) is 5.75 Å². The summed E-state index contributed by atoms with van der Waals surface area (Å²) in [6, 6.07) is 11.2. The summed E-state index contributed by atoms with van der Waals surface area (Å²) in [6.45, 7) is 0. The van der Waals surface area contributed by atoms with E-state index in [1.807, 2.05) is 6.07 Å². The molecule has 0 heterocycles. The molecule has 0 bridgehead atoms. The van der Waals surface area contributed by atoms with Crippen molar-refractivity contribution >= 4 is 33.5 Å². The molecule has 0 atom stereocenters. The molecule has 2 rings (SSSR count). The lowest BCUT2D eigenvalue weighted by atomic mass is 10.1. The molecule has 0 saturated carbocycles. The van der Waals surface area contributed by atoms with Crippen LogP contribution in [0.3, 0.4) is 0 Å². The average molecular weight is 362 g/mol. The molecule has 2 aromatic carbocycles. The minimum atomic E-state index is -0.569. The molecule has 0 amide bonds. The Morgan fingerprint density at radius 1 is 1.27 bits per heavy atom. The smallest absolute Gasteiger partial charge is 0.280 e. The highest BCUT2D eigenvalue weighted by atomic mass is 79.9. The van der Waals surface area contributed by atoms with Crippen molar-refractivity contribution in [2.24, 2.45) is 0 Å². The zero-order valence-electron chi connectivity index (χ0n) is 11.7. The fraction of sp³-hybridized carbons (Fsp3) is 0.0625. The van der Waals surface area contributed by atoms with Gasteiger partial charge in [0.25, 0.3) is 5.69 Å². The Bertz CT molecular complexity index is 756. The van der Waals surface area contributed by atoms with E-state index in [1.54, 1.807) is 24.3 Å². The van der Waals surface area contributed by atoms with Crippen molar-refractivity contribution in [1.29, 1.82) is 0 Å². The molecule has 0 aliphatic rings. The van der Waals surface area contributed by atoms with E-state index < -0.39 is 10.7 Å². The molecule has 0 fully saturated rings. The summed E-state index contributed by atoms with van der Waals surface area (Å²) in [5, 5.41) is 10.9. The standard InChI is InChI=1S/C16H12BrNO4/c1-22-16-9-7-12(17)10-11(16)6-8-15(19)13-4-2-3-5-14(13)18(20)21/h2-10H,1H3/b8-6+. The SMILES string of the molecule is COc1ccc(Br)cc1/C=C/C(=O)c1ccccc1[N+](=O)[O-]. The lowest BCUT2D eigenvalue weighted by Crippen LogP contribution is -2.00. The summed E-state index contributed by atoms with van der Waals surface area (Å²) in [5.74, 6) is 0.170. The number of methoxy groups -OCH3 is 1. The molecule has 0 aliphatic heterocycles. The van der Waals surface area contributed by atoms with Crippen molar-refractivity contribution in [2.75, 3.05) is 7.11 Å². The van der Waals surface area contributed by atoms with Gasteiger partial charge in [0, 0.05) is 16.1 Å². The number of benzene rings is 2. The van der Waals surface area contributed by atoms with Gasteiger partial charge in [0.2, 0.25) is 0 Å². The molecule has 0 unspecified atom stereocenters.